The van der Waals surface area contributed by atoms with E-state index in [2.05, 4.69) is 53.3 Å². The fourth-order valence-corrected chi connectivity index (χ4v) is 2.49. The van der Waals surface area contributed by atoms with Crippen LogP contribution in [0.25, 0.3) is 0 Å². The van der Waals surface area contributed by atoms with Gasteiger partial charge in [-0.1, -0.05) is 34.1 Å². The number of halogens is 1. The summed E-state index contributed by atoms with van der Waals surface area (Å²) in [6.45, 7) is 9.07. The summed E-state index contributed by atoms with van der Waals surface area (Å²) in [5.74, 6) is 0.950. The van der Waals surface area contributed by atoms with E-state index in [-0.39, 0.29) is 6.10 Å². The minimum absolute atomic E-state index is 0.184. The van der Waals surface area contributed by atoms with E-state index in [1.165, 1.54) is 21.2 Å². The fraction of sp³-hybridized carbons (Fsp3) is 0.333. The molecule has 0 fully saturated rings. The molecule has 0 atom stereocenters. The summed E-state index contributed by atoms with van der Waals surface area (Å²) < 4.78 is 7.03. The van der Waals surface area contributed by atoms with Crippen LogP contribution in [0.1, 0.15) is 30.5 Å². The smallest absolute Gasteiger partial charge is 0.124 e. The van der Waals surface area contributed by atoms with E-state index >= 15 is 0 Å². The molecule has 0 unspecified atom stereocenters. The number of aryl methyl sites for hydroxylation is 2. The Morgan fingerprint density at radius 3 is 2.33 bits per heavy atom. The van der Waals surface area contributed by atoms with Crippen LogP contribution in [-0.2, 0) is 6.54 Å². The first-order chi connectivity index (χ1) is 9.97. The van der Waals surface area contributed by atoms with E-state index in [4.69, 9.17) is 4.74 Å². The van der Waals surface area contributed by atoms with E-state index < -0.39 is 0 Å². The number of para-hydroxylation sites is 1. The first-order valence-electron chi connectivity index (χ1n) is 7.22. The molecule has 1 N–H and O–H groups in total. The predicted octanol–water partition coefficient (Wildman–Crippen LogP) is 5.47. The molecule has 2 rings (SSSR count). The third kappa shape index (κ3) is 4.24. The third-order valence-corrected chi connectivity index (χ3v) is 4.51. The highest BCUT2D eigenvalue weighted by Crippen LogP contribution is 2.26. The monoisotopic (exact) mass is 347 g/mol. The van der Waals surface area contributed by atoms with Crippen LogP contribution < -0.4 is 10.1 Å². The Bertz CT molecular complexity index is 599. The molecule has 2 aromatic rings. The van der Waals surface area contributed by atoms with Crippen LogP contribution in [0, 0.1) is 13.8 Å². The Kier molecular flexibility index (Phi) is 5.29. The van der Waals surface area contributed by atoms with Crippen LogP contribution in [0.4, 0.5) is 5.69 Å². The Morgan fingerprint density at radius 1 is 1.10 bits per heavy atom. The standard InChI is InChI=1S/C18H22BrNO/c1-12(2)21-17-8-6-5-7-15(17)11-20-16-9-13(3)18(19)14(4)10-16/h5-10,12,20H,11H2,1-4H3. The van der Waals surface area contributed by atoms with Crippen molar-refractivity contribution in [1.82, 2.24) is 0 Å². The second-order valence-electron chi connectivity index (χ2n) is 5.55. The molecule has 0 aromatic heterocycles. The van der Waals surface area contributed by atoms with Gasteiger partial charge in [0.2, 0.25) is 0 Å². The lowest BCUT2D eigenvalue weighted by Crippen LogP contribution is -2.09. The van der Waals surface area contributed by atoms with Crippen molar-refractivity contribution in [3.8, 4) is 5.75 Å². The Hall–Kier alpha value is -1.48. The molecule has 0 radical (unpaired) electrons. The molecule has 0 saturated carbocycles. The zero-order chi connectivity index (χ0) is 15.4. The molecule has 0 amide bonds. The number of rotatable bonds is 5. The lowest BCUT2D eigenvalue weighted by Gasteiger charge is -2.16. The number of benzene rings is 2. The average molecular weight is 348 g/mol. The molecule has 0 aliphatic heterocycles. The SMILES string of the molecule is Cc1cc(NCc2ccccc2OC(C)C)cc(C)c1Br. The summed E-state index contributed by atoms with van der Waals surface area (Å²) in [5.41, 5.74) is 4.78. The Morgan fingerprint density at radius 2 is 1.71 bits per heavy atom. The van der Waals surface area contributed by atoms with Gasteiger partial charge in [0.15, 0.2) is 0 Å². The maximum Gasteiger partial charge on any atom is 0.124 e. The number of hydrogen-bond acceptors (Lipinski definition) is 2. The molecule has 0 heterocycles. The number of anilines is 1. The molecule has 2 nitrogen and oxygen atoms in total. The fourth-order valence-electron chi connectivity index (χ4n) is 2.26. The summed E-state index contributed by atoms with van der Waals surface area (Å²) in [6, 6.07) is 12.5. The van der Waals surface area contributed by atoms with Crippen LogP contribution in [0.5, 0.6) is 5.75 Å². The summed E-state index contributed by atoms with van der Waals surface area (Å²) in [6.07, 6.45) is 0.184. The van der Waals surface area contributed by atoms with Crippen molar-refractivity contribution >= 4 is 21.6 Å². The van der Waals surface area contributed by atoms with Gasteiger partial charge in [-0.15, -0.1) is 0 Å². The summed E-state index contributed by atoms with van der Waals surface area (Å²) in [5, 5.41) is 3.48. The van der Waals surface area contributed by atoms with Crippen LogP contribution in [0.3, 0.4) is 0 Å². The van der Waals surface area contributed by atoms with Crippen LogP contribution in [-0.4, -0.2) is 6.10 Å². The molecule has 0 aliphatic carbocycles. The largest absolute Gasteiger partial charge is 0.491 e. The first-order valence-corrected chi connectivity index (χ1v) is 8.02. The summed E-state index contributed by atoms with van der Waals surface area (Å²) in [7, 11) is 0. The molecule has 0 spiro atoms. The summed E-state index contributed by atoms with van der Waals surface area (Å²) in [4.78, 5) is 0. The number of ether oxygens (including phenoxy) is 1. The maximum atomic E-state index is 5.85. The number of hydrogen-bond donors (Lipinski definition) is 1. The van der Waals surface area contributed by atoms with E-state index in [9.17, 15) is 0 Å². The normalized spacial score (nSPS) is 10.8. The second kappa shape index (κ2) is 6.99. The minimum atomic E-state index is 0.184. The van der Waals surface area contributed by atoms with Crippen LogP contribution >= 0.6 is 15.9 Å². The van der Waals surface area contributed by atoms with Crippen molar-refractivity contribution in [3.05, 3.63) is 57.6 Å². The van der Waals surface area contributed by atoms with Crippen LogP contribution in [0.2, 0.25) is 0 Å². The van der Waals surface area contributed by atoms with Gasteiger partial charge in [0.25, 0.3) is 0 Å². The zero-order valence-electron chi connectivity index (χ0n) is 13.0. The van der Waals surface area contributed by atoms with Gasteiger partial charge in [-0.25, -0.2) is 0 Å². The lowest BCUT2D eigenvalue weighted by atomic mass is 10.1. The minimum Gasteiger partial charge on any atom is -0.491 e. The highest BCUT2D eigenvalue weighted by molar-refractivity contribution is 9.10. The van der Waals surface area contributed by atoms with Gasteiger partial charge < -0.3 is 10.1 Å². The highest BCUT2D eigenvalue weighted by atomic mass is 79.9. The van der Waals surface area contributed by atoms with Gasteiger partial charge in [-0.05, 0) is 57.0 Å². The van der Waals surface area contributed by atoms with E-state index in [0.29, 0.717) is 0 Å². The molecule has 3 heteroatoms. The lowest BCUT2D eigenvalue weighted by molar-refractivity contribution is 0.240. The van der Waals surface area contributed by atoms with Crippen molar-refractivity contribution in [2.75, 3.05) is 5.32 Å². The van der Waals surface area contributed by atoms with E-state index in [1.807, 2.05) is 32.0 Å². The average Bonchev–Trinajstić information content (AvgIpc) is 2.43. The van der Waals surface area contributed by atoms with Crippen molar-refractivity contribution < 1.29 is 4.74 Å². The Labute approximate surface area is 135 Å². The quantitative estimate of drug-likeness (QED) is 0.774. The van der Waals surface area contributed by atoms with Crippen molar-refractivity contribution in [2.24, 2.45) is 0 Å². The van der Waals surface area contributed by atoms with E-state index in [1.54, 1.807) is 0 Å². The number of nitrogens with one attached hydrogen (secondary N) is 1. The second-order valence-corrected chi connectivity index (χ2v) is 6.34. The molecular formula is C18H22BrNO. The topological polar surface area (TPSA) is 21.3 Å². The van der Waals surface area contributed by atoms with E-state index in [0.717, 1.165) is 18.0 Å². The highest BCUT2D eigenvalue weighted by Gasteiger charge is 2.06. The molecular weight excluding hydrogens is 326 g/mol. The molecule has 21 heavy (non-hydrogen) atoms. The van der Waals surface area contributed by atoms with Gasteiger partial charge in [-0.3, -0.25) is 0 Å². The van der Waals surface area contributed by atoms with Crippen molar-refractivity contribution in [2.45, 2.75) is 40.3 Å². The maximum absolute atomic E-state index is 5.85. The van der Waals surface area contributed by atoms with Crippen molar-refractivity contribution in [1.29, 1.82) is 0 Å². The Balaban J connectivity index is 2.13. The first kappa shape index (κ1) is 15.9. The van der Waals surface area contributed by atoms with Gasteiger partial charge in [-0.2, -0.15) is 0 Å². The molecule has 2 aromatic carbocycles. The van der Waals surface area contributed by atoms with Gasteiger partial charge in [0.05, 0.1) is 6.10 Å². The predicted molar refractivity (Wildman–Crippen MR) is 93.1 cm³/mol. The van der Waals surface area contributed by atoms with Gasteiger partial charge in [0.1, 0.15) is 5.75 Å². The molecule has 0 bridgehead atoms. The molecule has 0 saturated heterocycles. The van der Waals surface area contributed by atoms with Crippen LogP contribution in [0.15, 0.2) is 40.9 Å². The van der Waals surface area contributed by atoms with Gasteiger partial charge in [0, 0.05) is 22.3 Å². The van der Waals surface area contributed by atoms with Crippen molar-refractivity contribution in [3.63, 3.8) is 0 Å². The van der Waals surface area contributed by atoms with Gasteiger partial charge >= 0.3 is 0 Å². The molecule has 0 aliphatic rings. The molecule has 112 valence electrons. The summed E-state index contributed by atoms with van der Waals surface area (Å²) >= 11 is 3.60. The third-order valence-electron chi connectivity index (χ3n) is 3.25. The zero-order valence-corrected chi connectivity index (χ0v) is 14.6.